The molecule has 0 aliphatic carbocycles. The molecule has 0 spiro atoms. The van der Waals surface area contributed by atoms with Gasteiger partial charge < -0.3 is 14.5 Å². The molecule has 4 aromatic rings. The Labute approximate surface area is 180 Å². The van der Waals surface area contributed by atoms with E-state index in [1.165, 1.54) is 23.6 Å². The summed E-state index contributed by atoms with van der Waals surface area (Å²) in [5.41, 5.74) is 0.686. The molecule has 160 valence electrons. The van der Waals surface area contributed by atoms with Gasteiger partial charge in [-0.1, -0.05) is 19.1 Å². The highest BCUT2D eigenvalue weighted by Gasteiger charge is 2.16. The molecule has 0 saturated carbocycles. The lowest BCUT2D eigenvalue weighted by atomic mass is 10.1. The highest BCUT2D eigenvalue weighted by molar-refractivity contribution is 7.17. The van der Waals surface area contributed by atoms with Gasteiger partial charge >= 0.3 is 5.69 Å². The van der Waals surface area contributed by atoms with Crippen LogP contribution in [0.15, 0.2) is 56.3 Å². The first-order valence-electron chi connectivity index (χ1n) is 9.75. The maximum atomic E-state index is 13.3. The maximum Gasteiger partial charge on any atom is 0.329 e. The van der Waals surface area contributed by atoms with Gasteiger partial charge in [-0.2, -0.15) is 0 Å². The zero-order chi connectivity index (χ0) is 22.0. The van der Waals surface area contributed by atoms with Gasteiger partial charge in [-0.15, -0.1) is 11.3 Å². The highest BCUT2D eigenvalue weighted by Crippen LogP contribution is 2.32. The lowest BCUT2D eigenvalue weighted by Crippen LogP contribution is -2.35. The minimum atomic E-state index is -0.538. The summed E-state index contributed by atoms with van der Waals surface area (Å²) in [6.45, 7) is 2.31. The third-order valence-electron chi connectivity index (χ3n) is 4.82. The molecule has 2 N–H and O–H groups in total. The average Bonchev–Trinajstić information content (AvgIpc) is 3.20. The third kappa shape index (κ3) is 4.04. The second-order valence-electron chi connectivity index (χ2n) is 6.94. The van der Waals surface area contributed by atoms with Gasteiger partial charge in [0.15, 0.2) is 5.75 Å². The monoisotopic (exact) mass is 439 g/mol. The number of fused-ring (bicyclic) bond motifs is 1. The van der Waals surface area contributed by atoms with Crippen molar-refractivity contribution in [2.45, 2.75) is 19.9 Å². The molecule has 0 amide bonds. The van der Waals surface area contributed by atoms with Crippen molar-refractivity contribution in [3.05, 3.63) is 78.7 Å². The molecule has 0 unspecified atom stereocenters. The first-order chi connectivity index (χ1) is 15.0. The number of H-pyrrole nitrogens is 2. The zero-order valence-electron chi connectivity index (χ0n) is 17.1. The Kier molecular flexibility index (Phi) is 5.77. The minimum Gasteiger partial charge on any atom is -0.497 e. The van der Waals surface area contributed by atoms with Gasteiger partial charge in [-0.25, -0.2) is 4.79 Å². The topological polar surface area (TPSA) is 106 Å². The molecular formula is C22H21N3O5S. The Morgan fingerprint density at radius 1 is 1.16 bits per heavy atom. The highest BCUT2D eigenvalue weighted by atomic mass is 32.1. The van der Waals surface area contributed by atoms with E-state index in [9.17, 15) is 14.4 Å². The summed E-state index contributed by atoms with van der Waals surface area (Å²) < 4.78 is 11.7. The van der Waals surface area contributed by atoms with Crippen molar-refractivity contribution in [2.24, 2.45) is 0 Å². The number of thiophene rings is 1. The number of hydrogen-bond acceptors (Lipinski definition) is 6. The van der Waals surface area contributed by atoms with Crippen LogP contribution in [0.4, 0.5) is 0 Å². The van der Waals surface area contributed by atoms with Gasteiger partial charge in [0.25, 0.3) is 5.56 Å². The number of rotatable bonds is 7. The van der Waals surface area contributed by atoms with Crippen LogP contribution >= 0.6 is 11.3 Å². The number of nitrogens with one attached hydrogen (secondary N) is 2. The fraction of sp³-hybridized carbons (Fsp3) is 0.227. The minimum absolute atomic E-state index is 0.0686. The molecule has 0 radical (unpaired) electrons. The number of aromatic amines is 2. The molecule has 9 heteroatoms. The van der Waals surface area contributed by atoms with E-state index in [-0.39, 0.29) is 17.7 Å². The Morgan fingerprint density at radius 3 is 2.74 bits per heavy atom. The third-order valence-corrected chi connectivity index (χ3v) is 5.72. The molecule has 4 rings (SSSR count). The van der Waals surface area contributed by atoms with E-state index in [1.807, 2.05) is 36.6 Å². The van der Waals surface area contributed by atoms with Crippen molar-refractivity contribution in [1.82, 2.24) is 14.5 Å². The van der Waals surface area contributed by atoms with Crippen LogP contribution in [-0.2, 0) is 6.54 Å². The molecule has 1 aromatic carbocycles. The van der Waals surface area contributed by atoms with Gasteiger partial charge in [-0.3, -0.25) is 19.1 Å². The quantitative estimate of drug-likeness (QED) is 0.461. The van der Waals surface area contributed by atoms with E-state index in [0.717, 1.165) is 16.6 Å². The number of pyridine rings is 1. The SMILES string of the molecule is CCCOc1c[nH]c(Cn2c(=O)[nH]c3scc(-c4cccc(OC)c4)c3c2=O)cc1=O. The molecule has 0 saturated heterocycles. The van der Waals surface area contributed by atoms with Crippen LogP contribution in [0.1, 0.15) is 19.0 Å². The van der Waals surface area contributed by atoms with Crippen molar-refractivity contribution in [3.63, 3.8) is 0 Å². The summed E-state index contributed by atoms with van der Waals surface area (Å²) in [6.07, 6.45) is 2.24. The predicted molar refractivity (Wildman–Crippen MR) is 121 cm³/mol. The number of aromatic nitrogens is 3. The summed E-state index contributed by atoms with van der Waals surface area (Å²) in [4.78, 5) is 44.3. The number of hydrogen-bond donors (Lipinski definition) is 2. The van der Waals surface area contributed by atoms with Gasteiger partial charge in [0.1, 0.15) is 10.6 Å². The fourth-order valence-corrected chi connectivity index (χ4v) is 4.24. The van der Waals surface area contributed by atoms with Crippen LogP contribution in [0.5, 0.6) is 11.5 Å². The fourth-order valence-electron chi connectivity index (χ4n) is 3.29. The van der Waals surface area contributed by atoms with E-state index >= 15 is 0 Å². The van der Waals surface area contributed by atoms with E-state index in [1.54, 1.807) is 7.11 Å². The van der Waals surface area contributed by atoms with Crippen LogP contribution in [0.3, 0.4) is 0 Å². The Bertz CT molecular complexity index is 1410. The second kappa shape index (κ2) is 8.65. The summed E-state index contributed by atoms with van der Waals surface area (Å²) in [6, 6.07) is 8.73. The summed E-state index contributed by atoms with van der Waals surface area (Å²) in [7, 11) is 1.58. The summed E-state index contributed by atoms with van der Waals surface area (Å²) in [5.74, 6) is 0.880. The first-order valence-corrected chi connectivity index (χ1v) is 10.6. The van der Waals surface area contributed by atoms with Crippen LogP contribution in [-0.4, -0.2) is 28.3 Å². The van der Waals surface area contributed by atoms with E-state index in [4.69, 9.17) is 9.47 Å². The standard InChI is InChI=1S/C22H21N3O5S/c1-3-7-30-18-10-23-14(9-17(18)26)11-25-21(27)19-16(12-31-20(19)24-22(25)28)13-5-4-6-15(8-13)29-2/h4-6,8-10,12H,3,7,11H2,1-2H3,(H,23,26)(H,24,28). The zero-order valence-corrected chi connectivity index (χ0v) is 17.9. The van der Waals surface area contributed by atoms with Crippen LogP contribution < -0.4 is 26.2 Å². The number of benzene rings is 1. The smallest absolute Gasteiger partial charge is 0.329 e. The van der Waals surface area contributed by atoms with Crippen LogP contribution in [0.25, 0.3) is 21.3 Å². The van der Waals surface area contributed by atoms with Gasteiger partial charge in [0.05, 0.1) is 25.6 Å². The largest absolute Gasteiger partial charge is 0.497 e. The Hall–Kier alpha value is -3.59. The normalized spacial score (nSPS) is 11.0. The molecule has 3 aromatic heterocycles. The van der Waals surface area contributed by atoms with Crippen molar-refractivity contribution in [3.8, 4) is 22.6 Å². The Balaban J connectivity index is 1.77. The molecule has 0 atom stereocenters. The van der Waals surface area contributed by atoms with Crippen molar-refractivity contribution in [2.75, 3.05) is 13.7 Å². The lowest BCUT2D eigenvalue weighted by molar-refractivity contribution is 0.313. The van der Waals surface area contributed by atoms with Crippen LogP contribution in [0, 0.1) is 0 Å². The van der Waals surface area contributed by atoms with E-state index < -0.39 is 11.2 Å². The number of ether oxygens (including phenoxy) is 2. The second-order valence-corrected chi connectivity index (χ2v) is 7.82. The van der Waals surface area contributed by atoms with Crippen molar-refractivity contribution < 1.29 is 9.47 Å². The van der Waals surface area contributed by atoms with Gasteiger partial charge in [0.2, 0.25) is 5.43 Å². The predicted octanol–water partition coefficient (Wildman–Crippen LogP) is 2.95. The van der Waals surface area contributed by atoms with E-state index in [0.29, 0.717) is 33.8 Å². The molecule has 8 nitrogen and oxygen atoms in total. The molecule has 0 bridgehead atoms. The molecular weight excluding hydrogens is 418 g/mol. The average molecular weight is 439 g/mol. The number of methoxy groups -OCH3 is 1. The Morgan fingerprint density at radius 2 is 2.00 bits per heavy atom. The van der Waals surface area contributed by atoms with Gasteiger partial charge in [-0.05, 0) is 24.1 Å². The summed E-state index contributed by atoms with van der Waals surface area (Å²) >= 11 is 1.29. The molecule has 31 heavy (non-hydrogen) atoms. The first kappa shape index (κ1) is 20.7. The van der Waals surface area contributed by atoms with Gasteiger partial charge in [0, 0.05) is 28.9 Å². The molecule has 0 fully saturated rings. The molecule has 3 heterocycles. The number of nitrogens with zero attached hydrogens (tertiary/aromatic N) is 1. The lowest BCUT2D eigenvalue weighted by Gasteiger charge is -2.08. The molecule has 0 aliphatic rings. The van der Waals surface area contributed by atoms with Crippen LogP contribution in [0.2, 0.25) is 0 Å². The van der Waals surface area contributed by atoms with Crippen molar-refractivity contribution in [1.29, 1.82) is 0 Å². The van der Waals surface area contributed by atoms with E-state index in [2.05, 4.69) is 9.97 Å². The summed E-state index contributed by atoms with van der Waals surface area (Å²) in [5, 5.41) is 2.26. The molecule has 0 aliphatic heterocycles. The maximum absolute atomic E-state index is 13.3. The van der Waals surface area contributed by atoms with Crippen molar-refractivity contribution >= 4 is 21.6 Å².